The van der Waals surface area contributed by atoms with E-state index in [1.54, 1.807) is 0 Å². The summed E-state index contributed by atoms with van der Waals surface area (Å²) in [5.41, 5.74) is -0.465. The highest BCUT2D eigenvalue weighted by Crippen LogP contribution is 2.20. The lowest BCUT2D eigenvalue weighted by Crippen LogP contribution is -2.22. The quantitative estimate of drug-likeness (QED) is 0.579. The minimum absolute atomic E-state index is 0.0257. The van der Waals surface area contributed by atoms with Crippen LogP contribution in [0.4, 0.5) is 9.59 Å². The van der Waals surface area contributed by atoms with Crippen molar-refractivity contribution in [3.8, 4) is 11.5 Å². The second-order valence-corrected chi connectivity index (χ2v) is 4.23. The minimum atomic E-state index is -1.39. The molecular weight excluding hydrogens is 316 g/mol. The van der Waals surface area contributed by atoms with Gasteiger partial charge in [-0.25, -0.2) is 14.4 Å². The molecule has 0 spiro atoms. The molecule has 1 heterocycles. The molecule has 0 radical (unpaired) electrons. The Balaban J connectivity index is 1.72. The first-order chi connectivity index (χ1) is 11.0. The van der Waals surface area contributed by atoms with Crippen LogP contribution in [0.25, 0.3) is 0 Å². The SMILES string of the molecule is O=C(OCOc1ccc([O-])c(C(=O)O)c1)OCC1COC(=O)O1. The van der Waals surface area contributed by atoms with Crippen LogP contribution >= 0.6 is 0 Å². The van der Waals surface area contributed by atoms with Crippen molar-refractivity contribution < 1.29 is 48.3 Å². The van der Waals surface area contributed by atoms with Gasteiger partial charge < -0.3 is 33.9 Å². The summed E-state index contributed by atoms with van der Waals surface area (Å²) < 4.78 is 23.3. The van der Waals surface area contributed by atoms with E-state index < -0.39 is 42.5 Å². The molecule has 0 aromatic heterocycles. The van der Waals surface area contributed by atoms with Gasteiger partial charge in [0.2, 0.25) is 6.79 Å². The number of carbonyl (C=O) groups excluding carboxylic acids is 2. The van der Waals surface area contributed by atoms with E-state index in [0.29, 0.717) is 0 Å². The van der Waals surface area contributed by atoms with Crippen LogP contribution in [-0.4, -0.2) is 49.5 Å². The summed E-state index contributed by atoms with van der Waals surface area (Å²) in [5, 5.41) is 20.0. The van der Waals surface area contributed by atoms with E-state index >= 15 is 0 Å². The Morgan fingerprint density at radius 1 is 1.35 bits per heavy atom. The van der Waals surface area contributed by atoms with E-state index in [4.69, 9.17) is 9.84 Å². The molecule has 0 amide bonds. The van der Waals surface area contributed by atoms with Crippen LogP contribution in [-0.2, 0) is 18.9 Å². The van der Waals surface area contributed by atoms with Gasteiger partial charge in [-0.3, -0.25) is 0 Å². The number of carbonyl (C=O) groups is 3. The summed E-state index contributed by atoms with van der Waals surface area (Å²) in [6.07, 6.45) is -2.61. The molecule has 0 aliphatic carbocycles. The van der Waals surface area contributed by atoms with Crippen LogP contribution in [0, 0.1) is 0 Å². The van der Waals surface area contributed by atoms with Gasteiger partial charge in [0.1, 0.15) is 19.0 Å². The van der Waals surface area contributed by atoms with E-state index in [2.05, 4.69) is 18.9 Å². The molecule has 1 N–H and O–H groups in total. The van der Waals surface area contributed by atoms with Crippen LogP contribution in [0.1, 0.15) is 10.4 Å². The van der Waals surface area contributed by atoms with Gasteiger partial charge in [-0.1, -0.05) is 11.8 Å². The molecule has 1 atom stereocenters. The first-order valence-electron chi connectivity index (χ1n) is 6.26. The fourth-order valence-corrected chi connectivity index (χ4v) is 1.56. The molecule has 0 bridgehead atoms. The highest BCUT2D eigenvalue weighted by Gasteiger charge is 2.26. The molecule has 1 aliphatic rings. The maximum atomic E-state index is 11.3. The molecule has 23 heavy (non-hydrogen) atoms. The number of carboxylic acids is 1. The van der Waals surface area contributed by atoms with Gasteiger partial charge in [0.05, 0.1) is 5.56 Å². The maximum Gasteiger partial charge on any atom is 0.511 e. The van der Waals surface area contributed by atoms with Gasteiger partial charge in [0.25, 0.3) is 0 Å². The highest BCUT2D eigenvalue weighted by molar-refractivity contribution is 5.91. The first-order valence-corrected chi connectivity index (χ1v) is 6.26. The molecule has 1 aliphatic heterocycles. The van der Waals surface area contributed by atoms with E-state index in [1.807, 2.05) is 0 Å². The standard InChI is InChI=1S/C13H12O10/c14-10-2-1-7(3-9(10)11(15)16)21-6-22-12(17)19-4-8-5-20-13(18)23-8/h1-3,8,14H,4-6H2,(H,15,16)/p-1. The summed E-state index contributed by atoms with van der Waals surface area (Å²) in [5.74, 6) is -2.03. The second-order valence-electron chi connectivity index (χ2n) is 4.23. The number of hydrogen-bond acceptors (Lipinski definition) is 9. The van der Waals surface area contributed by atoms with Crippen LogP contribution < -0.4 is 9.84 Å². The van der Waals surface area contributed by atoms with Crippen molar-refractivity contribution >= 4 is 18.3 Å². The number of hydrogen-bond donors (Lipinski definition) is 1. The molecule has 1 fully saturated rings. The van der Waals surface area contributed by atoms with Crippen molar-refractivity contribution in [3.05, 3.63) is 23.8 Å². The van der Waals surface area contributed by atoms with E-state index in [0.717, 1.165) is 12.1 Å². The van der Waals surface area contributed by atoms with Gasteiger partial charge in [-0.2, -0.15) is 0 Å². The number of aromatic carboxylic acids is 1. The molecule has 10 heteroatoms. The molecule has 1 aromatic carbocycles. The summed E-state index contributed by atoms with van der Waals surface area (Å²) in [6, 6.07) is 3.26. The first kappa shape index (κ1) is 16.2. The van der Waals surface area contributed by atoms with Gasteiger partial charge >= 0.3 is 18.3 Å². The molecule has 2 rings (SSSR count). The van der Waals surface area contributed by atoms with Crippen LogP contribution in [0.3, 0.4) is 0 Å². The Kier molecular flexibility index (Phi) is 5.07. The average Bonchev–Trinajstić information content (AvgIpc) is 2.92. The minimum Gasteiger partial charge on any atom is -0.872 e. The fourth-order valence-electron chi connectivity index (χ4n) is 1.56. The predicted molar refractivity (Wildman–Crippen MR) is 67.0 cm³/mol. The maximum absolute atomic E-state index is 11.3. The summed E-state index contributed by atoms with van der Waals surface area (Å²) in [7, 11) is 0. The lowest BCUT2D eigenvalue weighted by atomic mass is 10.2. The zero-order valence-corrected chi connectivity index (χ0v) is 11.6. The smallest absolute Gasteiger partial charge is 0.511 e. The average molecular weight is 327 g/mol. The van der Waals surface area contributed by atoms with Crippen LogP contribution in [0.2, 0.25) is 0 Å². The zero-order valence-electron chi connectivity index (χ0n) is 11.6. The van der Waals surface area contributed by atoms with E-state index in [9.17, 15) is 19.5 Å². The number of carboxylic acid groups (broad SMARTS) is 1. The van der Waals surface area contributed by atoms with Crippen molar-refractivity contribution in [2.75, 3.05) is 20.0 Å². The van der Waals surface area contributed by atoms with Crippen molar-refractivity contribution in [1.82, 2.24) is 0 Å². The molecule has 1 saturated heterocycles. The van der Waals surface area contributed by atoms with Gasteiger partial charge in [0.15, 0.2) is 6.10 Å². The zero-order chi connectivity index (χ0) is 16.8. The van der Waals surface area contributed by atoms with Crippen molar-refractivity contribution in [1.29, 1.82) is 0 Å². The molecule has 10 nitrogen and oxygen atoms in total. The van der Waals surface area contributed by atoms with Gasteiger partial charge in [-0.05, 0) is 12.1 Å². The van der Waals surface area contributed by atoms with Crippen molar-refractivity contribution in [2.24, 2.45) is 0 Å². The largest absolute Gasteiger partial charge is 0.872 e. The lowest BCUT2D eigenvalue weighted by Gasteiger charge is -2.13. The second kappa shape index (κ2) is 7.20. The Morgan fingerprint density at radius 3 is 2.78 bits per heavy atom. The molecule has 0 saturated carbocycles. The van der Waals surface area contributed by atoms with Crippen molar-refractivity contribution in [3.63, 3.8) is 0 Å². The normalized spacial score (nSPS) is 16.2. The third-order valence-corrected chi connectivity index (χ3v) is 2.62. The Hall–Kier alpha value is -3.17. The van der Waals surface area contributed by atoms with Crippen LogP contribution in [0.5, 0.6) is 11.5 Å². The third kappa shape index (κ3) is 4.66. The number of cyclic esters (lactones) is 2. The van der Waals surface area contributed by atoms with E-state index in [-0.39, 0.29) is 19.0 Å². The Morgan fingerprint density at radius 2 is 2.13 bits per heavy atom. The molecular formula is C13H11O10-. The molecule has 1 unspecified atom stereocenters. The molecule has 1 aromatic rings. The summed E-state index contributed by atoms with van der Waals surface area (Å²) in [6.45, 7) is -0.822. The topological polar surface area (TPSA) is 141 Å². The van der Waals surface area contributed by atoms with Gasteiger partial charge in [0, 0.05) is 0 Å². The van der Waals surface area contributed by atoms with Gasteiger partial charge in [-0.15, -0.1) is 0 Å². The van der Waals surface area contributed by atoms with E-state index in [1.165, 1.54) is 6.07 Å². The summed E-state index contributed by atoms with van der Waals surface area (Å²) >= 11 is 0. The Bertz CT molecular complexity index is 611. The number of rotatable bonds is 6. The number of benzene rings is 1. The predicted octanol–water partition coefficient (Wildman–Crippen LogP) is 0.483. The lowest BCUT2D eigenvalue weighted by molar-refractivity contribution is -0.268. The Labute approximate surface area is 129 Å². The highest BCUT2D eigenvalue weighted by atomic mass is 16.8. The summed E-state index contributed by atoms with van der Waals surface area (Å²) in [4.78, 5) is 32.7. The monoisotopic (exact) mass is 327 g/mol. The van der Waals surface area contributed by atoms with Crippen molar-refractivity contribution in [2.45, 2.75) is 6.10 Å². The number of ether oxygens (including phenoxy) is 5. The van der Waals surface area contributed by atoms with Crippen LogP contribution in [0.15, 0.2) is 18.2 Å². The fraction of sp³-hybridized carbons (Fsp3) is 0.308. The third-order valence-electron chi connectivity index (χ3n) is 2.62. The molecule has 124 valence electrons.